The van der Waals surface area contributed by atoms with Crippen LogP contribution in [0.4, 0.5) is 0 Å². The first kappa shape index (κ1) is 14.0. The van der Waals surface area contributed by atoms with Crippen LogP contribution in [0.2, 0.25) is 0 Å². The number of nitrogens with one attached hydrogen (secondary N) is 1. The highest BCUT2D eigenvalue weighted by Crippen LogP contribution is 2.13. The van der Waals surface area contributed by atoms with Crippen molar-refractivity contribution in [3.8, 4) is 5.75 Å². The minimum Gasteiger partial charge on any atom is -0.481 e. The van der Waals surface area contributed by atoms with E-state index in [1.54, 1.807) is 19.1 Å². The zero-order chi connectivity index (χ0) is 13.7. The molecule has 2 N–H and O–H groups in total. The maximum absolute atomic E-state index is 11.6. The number of carbonyl (C=O) groups excluding carboxylic acids is 1. The van der Waals surface area contributed by atoms with E-state index in [0.29, 0.717) is 5.75 Å². The van der Waals surface area contributed by atoms with Crippen LogP contribution in [0.3, 0.4) is 0 Å². The summed E-state index contributed by atoms with van der Waals surface area (Å²) in [4.78, 5) is 22.2. The van der Waals surface area contributed by atoms with Crippen LogP contribution in [0, 0.1) is 6.92 Å². The molecular weight excluding hydrogens is 234 g/mol. The third-order valence-electron chi connectivity index (χ3n) is 2.43. The van der Waals surface area contributed by atoms with Crippen molar-refractivity contribution in [1.82, 2.24) is 5.32 Å². The largest absolute Gasteiger partial charge is 0.481 e. The first-order valence-electron chi connectivity index (χ1n) is 5.66. The number of carbonyl (C=O) groups is 2. The molecule has 0 fully saturated rings. The van der Waals surface area contributed by atoms with Gasteiger partial charge in [-0.25, -0.2) is 0 Å². The van der Waals surface area contributed by atoms with Crippen molar-refractivity contribution < 1.29 is 19.4 Å². The van der Waals surface area contributed by atoms with Crippen molar-refractivity contribution in [1.29, 1.82) is 0 Å². The maximum atomic E-state index is 11.6. The molecule has 0 saturated carbocycles. The van der Waals surface area contributed by atoms with Gasteiger partial charge in [-0.05, 0) is 32.9 Å². The summed E-state index contributed by atoms with van der Waals surface area (Å²) in [6, 6.07) is 6.35. The van der Waals surface area contributed by atoms with Crippen LogP contribution in [0.5, 0.6) is 5.75 Å². The lowest BCUT2D eigenvalue weighted by molar-refractivity contribution is -0.142. The molecule has 2 atom stereocenters. The molecule has 18 heavy (non-hydrogen) atoms. The molecule has 5 heteroatoms. The minimum absolute atomic E-state index is 0.453. The predicted molar refractivity (Wildman–Crippen MR) is 66.5 cm³/mol. The highest BCUT2D eigenvalue weighted by molar-refractivity contribution is 5.86. The first-order chi connectivity index (χ1) is 8.40. The molecule has 1 rings (SSSR count). The predicted octanol–water partition coefficient (Wildman–Crippen LogP) is 1.35. The fraction of sp³-hybridized carbons (Fsp3) is 0.385. The number of rotatable bonds is 5. The van der Waals surface area contributed by atoms with Crippen LogP contribution in [-0.2, 0) is 9.59 Å². The molecule has 1 aromatic carbocycles. The average Bonchev–Trinajstić information content (AvgIpc) is 2.31. The quantitative estimate of drug-likeness (QED) is 0.828. The van der Waals surface area contributed by atoms with Crippen LogP contribution in [0.25, 0.3) is 0 Å². The van der Waals surface area contributed by atoms with Gasteiger partial charge in [0, 0.05) is 0 Å². The molecule has 0 aliphatic heterocycles. The number of hydrogen-bond donors (Lipinski definition) is 2. The summed E-state index contributed by atoms with van der Waals surface area (Å²) in [6.45, 7) is 4.93. The Labute approximate surface area is 106 Å². The summed E-state index contributed by atoms with van der Waals surface area (Å²) < 4.78 is 5.41. The summed E-state index contributed by atoms with van der Waals surface area (Å²) >= 11 is 0. The molecule has 0 radical (unpaired) electrons. The summed E-state index contributed by atoms with van der Waals surface area (Å²) in [5.41, 5.74) is 1.10. The van der Waals surface area contributed by atoms with E-state index in [4.69, 9.17) is 9.84 Å². The second kappa shape index (κ2) is 6.05. The van der Waals surface area contributed by atoms with E-state index < -0.39 is 24.0 Å². The Bertz CT molecular complexity index is 427. The summed E-state index contributed by atoms with van der Waals surface area (Å²) in [6.07, 6.45) is -0.741. The fourth-order valence-corrected chi connectivity index (χ4v) is 1.27. The molecule has 1 unspecified atom stereocenters. The molecule has 0 saturated heterocycles. The van der Waals surface area contributed by atoms with E-state index in [1.807, 2.05) is 19.1 Å². The lowest BCUT2D eigenvalue weighted by atomic mass is 10.2. The smallest absolute Gasteiger partial charge is 0.325 e. The maximum Gasteiger partial charge on any atom is 0.325 e. The number of carboxylic acids is 1. The van der Waals surface area contributed by atoms with Gasteiger partial charge >= 0.3 is 5.97 Å². The third kappa shape index (κ3) is 4.08. The lowest BCUT2D eigenvalue weighted by Crippen LogP contribution is -2.44. The van der Waals surface area contributed by atoms with Crippen molar-refractivity contribution in [3.05, 3.63) is 29.8 Å². The number of ether oxygens (including phenoxy) is 1. The van der Waals surface area contributed by atoms with E-state index >= 15 is 0 Å². The SMILES string of the molecule is Cc1ccc(OC(C)C(=O)N[C@@H](C)C(=O)O)cc1. The number of benzene rings is 1. The Morgan fingerprint density at radius 3 is 2.28 bits per heavy atom. The van der Waals surface area contributed by atoms with Gasteiger partial charge < -0.3 is 15.2 Å². The Morgan fingerprint density at radius 2 is 1.78 bits per heavy atom. The van der Waals surface area contributed by atoms with Gasteiger partial charge in [0.05, 0.1) is 0 Å². The molecular formula is C13H17NO4. The fourth-order valence-electron chi connectivity index (χ4n) is 1.27. The van der Waals surface area contributed by atoms with Crippen molar-refractivity contribution in [2.45, 2.75) is 32.9 Å². The third-order valence-corrected chi connectivity index (χ3v) is 2.43. The van der Waals surface area contributed by atoms with Gasteiger partial charge in [-0.1, -0.05) is 17.7 Å². The van der Waals surface area contributed by atoms with Crippen molar-refractivity contribution in [2.24, 2.45) is 0 Å². The second-order valence-electron chi connectivity index (χ2n) is 4.14. The standard InChI is InChI=1S/C13H17NO4/c1-8-4-6-11(7-5-8)18-10(3)12(15)14-9(2)13(16)17/h4-7,9-10H,1-3H3,(H,14,15)(H,16,17)/t9-,10?/m0/s1. The van der Waals surface area contributed by atoms with Gasteiger partial charge in [0.15, 0.2) is 6.10 Å². The van der Waals surface area contributed by atoms with Gasteiger partial charge in [0.2, 0.25) is 0 Å². The van der Waals surface area contributed by atoms with E-state index in [2.05, 4.69) is 5.32 Å². The van der Waals surface area contributed by atoms with Crippen LogP contribution in [0.15, 0.2) is 24.3 Å². The van der Waals surface area contributed by atoms with Crippen molar-refractivity contribution in [2.75, 3.05) is 0 Å². The van der Waals surface area contributed by atoms with Gasteiger partial charge in [-0.2, -0.15) is 0 Å². The molecule has 0 aromatic heterocycles. The topological polar surface area (TPSA) is 75.6 Å². The number of aliphatic carboxylic acids is 1. The van der Waals surface area contributed by atoms with E-state index in [1.165, 1.54) is 6.92 Å². The summed E-state index contributed by atoms with van der Waals surface area (Å²) in [5.74, 6) is -0.956. The molecule has 1 aromatic rings. The Hall–Kier alpha value is -2.04. The van der Waals surface area contributed by atoms with Crippen LogP contribution >= 0.6 is 0 Å². The van der Waals surface area contributed by atoms with E-state index in [0.717, 1.165) is 5.56 Å². The zero-order valence-corrected chi connectivity index (χ0v) is 10.6. The highest BCUT2D eigenvalue weighted by atomic mass is 16.5. The van der Waals surface area contributed by atoms with E-state index in [-0.39, 0.29) is 0 Å². The Kier molecular flexibility index (Phi) is 4.71. The normalized spacial score (nSPS) is 13.5. The van der Waals surface area contributed by atoms with Crippen molar-refractivity contribution >= 4 is 11.9 Å². The average molecular weight is 251 g/mol. The molecule has 0 heterocycles. The molecule has 0 bridgehead atoms. The van der Waals surface area contributed by atoms with Crippen LogP contribution < -0.4 is 10.1 Å². The van der Waals surface area contributed by atoms with Crippen LogP contribution in [-0.4, -0.2) is 29.1 Å². The second-order valence-corrected chi connectivity index (χ2v) is 4.14. The zero-order valence-electron chi connectivity index (χ0n) is 10.6. The highest BCUT2D eigenvalue weighted by Gasteiger charge is 2.20. The van der Waals surface area contributed by atoms with Crippen molar-refractivity contribution in [3.63, 3.8) is 0 Å². The molecule has 0 aliphatic carbocycles. The van der Waals surface area contributed by atoms with Gasteiger partial charge in [0.25, 0.3) is 5.91 Å². The number of hydrogen-bond acceptors (Lipinski definition) is 3. The van der Waals surface area contributed by atoms with Crippen LogP contribution in [0.1, 0.15) is 19.4 Å². The molecule has 5 nitrogen and oxygen atoms in total. The van der Waals surface area contributed by atoms with Gasteiger partial charge in [0.1, 0.15) is 11.8 Å². The van der Waals surface area contributed by atoms with Gasteiger partial charge in [-0.3, -0.25) is 9.59 Å². The Balaban J connectivity index is 2.54. The minimum atomic E-state index is -1.08. The number of aryl methyl sites for hydroxylation is 1. The molecule has 0 aliphatic rings. The Morgan fingerprint density at radius 1 is 1.22 bits per heavy atom. The number of amides is 1. The lowest BCUT2D eigenvalue weighted by Gasteiger charge is -2.16. The van der Waals surface area contributed by atoms with Gasteiger partial charge in [-0.15, -0.1) is 0 Å². The monoisotopic (exact) mass is 251 g/mol. The molecule has 1 amide bonds. The summed E-state index contributed by atoms with van der Waals surface area (Å²) in [5, 5.41) is 11.0. The number of carboxylic acid groups (broad SMARTS) is 1. The molecule has 0 spiro atoms. The van der Waals surface area contributed by atoms with E-state index in [9.17, 15) is 9.59 Å². The summed E-state index contributed by atoms with van der Waals surface area (Å²) in [7, 11) is 0. The first-order valence-corrected chi connectivity index (χ1v) is 5.66. The molecule has 98 valence electrons.